The second kappa shape index (κ2) is 9.66. The van der Waals surface area contributed by atoms with Crippen molar-refractivity contribution < 1.29 is 21.9 Å². The number of hydrogen-bond acceptors (Lipinski definition) is 6. The quantitative estimate of drug-likeness (QED) is 0.509. The molecule has 0 spiro atoms. The Kier molecular flexibility index (Phi) is 6.34. The van der Waals surface area contributed by atoms with Crippen LogP contribution in [0.1, 0.15) is 23.5 Å². The molecule has 7 nitrogen and oxygen atoms in total. The molecule has 1 N–H and O–H groups in total. The Labute approximate surface area is 215 Å². The molecule has 10 heteroatoms. The number of anilines is 1. The van der Waals surface area contributed by atoms with Crippen LogP contribution in [0.5, 0.6) is 5.75 Å². The highest BCUT2D eigenvalue weighted by molar-refractivity contribution is 7.89. The number of hydrogen-bond donors (Lipinski definition) is 1. The molecule has 4 heterocycles. The van der Waals surface area contributed by atoms with Crippen LogP contribution in [0.2, 0.25) is 0 Å². The zero-order chi connectivity index (χ0) is 25.6. The summed E-state index contributed by atoms with van der Waals surface area (Å²) in [5, 5.41) is 0. The maximum atomic E-state index is 15.2. The molecule has 2 fully saturated rings. The predicted octanol–water partition coefficient (Wildman–Crippen LogP) is 3.32. The van der Waals surface area contributed by atoms with Crippen molar-refractivity contribution in [2.24, 2.45) is 0 Å². The molecule has 1 aromatic heterocycles. The zero-order valence-electron chi connectivity index (χ0n) is 20.2. The van der Waals surface area contributed by atoms with Crippen LogP contribution < -0.4 is 14.4 Å². The molecule has 37 heavy (non-hydrogen) atoms. The first-order valence-corrected chi connectivity index (χ1v) is 14.0. The average molecular weight is 527 g/mol. The molecular formula is C27H28F2N4O3S. The number of aromatic nitrogens is 1. The highest BCUT2D eigenvalue weighted by Crippen LogP contribution is 2.43. The summed E-state index contributed by atoms with van der Waals surface area (Å²) in [5.74, 6) is -0.384. The van der Waals surface area contributed by atoms with E-state index < -0.39 is 27.7 Å². The van der Waals surface area contributed by atoms with Crippen molar-refractivity contribution in [3.63, 3.8) is 0 Å². The van der Waals surface area contributed by atoms with Crippen molar-refractivity contribution in [2.75, 3.05) is 37.7 Å². The van der Waals surface area contributed by atoms with E-state index in [0.29, 0.717) is 31.1 Å². The third-order valence-electron chi connectivity index (χ3n) is 7.55. The highest BCUT2D eigenvalue weighted by atomic mass is 32.2. The Morgan fingerprint density at radius 1 is 1.05 bits per heavy atom. The molecule has 0 amide bonds. The lowest BCUT2D eigenvalue weighted by Gasteiger charge is -2.46. The molecule has 0 unspecified atom stereocenters. The van der Waals surface area contributed by atoms with E-state index >= 15 is 4.39 Å². The van der Waals surface area contributed by atoms with Crippen molar-refractivity contribution in [1.82, 2.24) is 14.6 Å². The van der Waals surface area contributed by atoms with Crippen molar-refractivity contribution in [2.45, 2.75) is 35.7 Å². The van der Waals surface area contributed by atoms with Crippen molar-refractivity contribution >= 4 is 15.7 Å². The Morgan fingerprint density at radius 2 is 1.84 bits per heavy atom. The fourth-order valence-electron chi connectivity index (χ4n) is 5.44. The van der Waals surface area contributed by atoms with Crippen molar-refractivity contribution in [3.05, 3.63) is 83.7 Å². The van der Waals surface area contributed by atoms with Gasteiger partial charge in [0.15, 0.2) is 0 Å². The van der Waals surface area contributed by atoms with E-state index in [1.54, 1.807) is 0 Å². The number of sulfonamides is 1. The number of nitrogens with one attached hydrogen (secondary N) is 1. The normalized spacial score (nSPS) is 22.1. The first-order chi connectivity index (χ1) is 17.9. The fraction of sp³-hybridized carbons (Fsp3) is 0.370. The number of nitrogens with zero attached hydrogens (tertiary/aromatic N) is 3. The average Bonchev–Trinajstić information content (AvgIpc) is 2.82. The van der Waals surface area contributed by atoms with Gasteiger partial charge in [0.05, 0.1) is 24.0 Å². The van der Waals surface area contributed by atoms with Gasteiger partial charge in [0, 0.05) is 36.8 Å². The number of likely N-dealkylation sites (tertiary alicyclic amines) is 1. The fourth-order valence-corrected chi connectivity index (χ4v) is 6.63. The van der Waals surface area contributed by atoms with E-state index in [2.05, 4.69) is 26.7 Å². The van der Waals surface area contributed by atoms with Gasteiger partial charge in [-0.3, -0.25) is 9.88 Å². The maximum absolute atomic E-state index is 15.2. The SMILES string of the molecule is O=S(=O)(NC1CN(c2cc3c(cc2F)OC[C@@H](N2CCC2)[C@H]3Cc2ccccc2)C1)c1cncc(F)c1. The van der Waals surface area contributed by atoms with Gasteiger partial charge in [-0.2, -0.15) is 0 Å². The third-order valence-corrected chi connectivity index (χ3v) is 9.03. The highest BCUT2D eigenvalue weighted by Gasteiger charge is 2.39. The van der Waals surface area contributed by atoms with E-state index in [4.69, 9.17) is 4.74 Å². The Bertz CT molecular complexity index is 1400. The molecule has 3 aromatic rings. The summed E-state index contributed by atoms with van der Waals surface area (Å²) in [4.78, 5) is 7.64. The zero-order valence-corrected chi connectivity index (χ0v) is 21.0. The third kappa shape index (κ3) is 4.81. The minimum absolute atomic E-state index is 0.154. The molecule has 2 atom stereocenters. The number of halogens is 2. The molecule has 0 radical (unpaired) electrons. The lowest BCUT2D eigenvalue weighted by atomic mass is 9.82. The number of ether oxygens (including phenoxy) is 1. The lowest BCUT2D eigenvalue weighted by molar-refractivity contribution is 0.0500. The van der Waals surface area contributed by atoms with Gasteiger partial charge in [0.25, 0.3) is 0 Å². The van der Waals surface area contributed by atoms with Gasteiger partial charge >= 0.3 is 0 Å². The minimum Gasteiger partial charge on any atom is -0.492 e. The Morgan fingerprint density at radius 3 is 2.54 bits per heavy atom. The van der Waals surface area contributed by atoms with Crippen molar-refractivity contribution in [1.29, 1.82) is 0 Å². The smallest absolute Gasteiger partial charge is 0.242 e. The summed E-state index contributed by atoms with van der Waals surface area (Å²) in [7, 11) is -3.93. The molecule has 0 aliphatic carbocycles. The summed E-state index contributed by atoms with van der Waals surface area (Å²) in [6.07, 6.45) is 4.05. The maximum Gasteiger partial charge on any atom is 0.242 e. The second-order valence-electron chi connectivity index (χ2n) is 9.97. The molecule has 0 saturated carbocycles. The van der Waals surface area contributed by atoms with Gasteiger partial charge < -0.3 is 9.64 Å². The van der Waals surface area contributed by atoms with Gasteiger partial charge in [-0.1, -0.05) is 30.3 Å². The van der Waals surface area contributed by atoms with Crippen molar-refractivity contribution in [3.8, 4) is 5.75 Å². The van der Waals surface area contributed by atoms with Crippen LogP contribution in [0.4, 0.5) is 14.5 Å². The van der Waals surface area contributed by atoms with Crippen LogP contribution in [0.15, 0.2) is 65.8 Å². The number of fused-ring (bicyclic) bond motifs is 1. The van der Waals surface area contributed by atoms with E-state index in [9.17, 15) is 12.8 Å². The van der Waals surface area contributed by atoms with Gasteiger partial charge in [0.2, 0.25) is 10.0 Å². The molecule has 6 rings (SSSR count). The number of rotatable bonds is 7. The second-order valence-corrected chi connectivity index (χ2v) is 11.7. The molecular weight excluding hydrogens is 498 g/mol. The van der Waals surface area contributed by atoms with Gasteiger partial charge in [0.1, 0.15) is 28.9 Å². The monoisotopic (exact) mass is 526 g/mol. The van der Waals surface area contributed by atoms with Crippen LogP contribution in [0, 0.1) is 11.6 Å². The van der Waals surface area contributed by atoms with Gasteiger partial charge in [-0.25, -0.2) is 21.9 Å². The molecule has 0 bridgehead atoms. The summed E-state index contributed by atoms with van der Waals surface area (Å²) >= 11 is 0. The van der Waals surface area contributed by atoms with E-state index in [1.165, 1.54) is 18.1 Å². The standard InChI is InChI=1S/C27H28F2N4O3S/c28-19-10-21(14-30-13-19)37(34,35)31-20-15-33(16-20)25-11-23-22(9-18-5-2-1-3-6-18)26(32-7-4-8-32)17-36-27(23)12-24(25)29/h1-3,5-6,10-14,20,22,26,31H,4,7-9,15-17H2/t22-,26+/m0/s1. The minimum atomic E-state index is -3.93. The molecule has 2 aromatic carbocycles. The number of benzene rings is 2. The van der Waals surface area contributed by atoms with Crippen LogP contribution in [-0.4, -0.2) is 63.2 Å². The Hall–Kier alpha value is -3.08. The summed E-state index contributed by atoms with van der Waals surface area (Å²) in [6.45, 7) is 3.22. The van der Waals surface area contributed by atoms with Crippen LogP contribution in [0.25, 0.3) is 0 Å². The van der Waals surface area contributed by atoms with E-state index in [-0.39, 0.29) is 16.9 Å². The number of pyridine rings is 1. The first kappa shape index (κ1) is 24.3. The summed E-state index contributed by atoms with van der Waals surface area (Å²) in [6, 6.07) is 14.4. The molecule has 2 saturated heterocycles. The summed E-state index contributed by atoms with van der Waals surface area (Å²) in [5.41, 5.74) is 2.65. The van der Waals surface area contributed by atoms with Gasteiger partial charge in [-0.15, -0.1) is 0 Å². The lowest BCUT2D eigenvalue weighted by Crippen LogP contribution is -2.59. The predicted molar refractivity (Wildman–Crippen MR) is 135 cm³/mol. The molecule has 3 aliphatic rings. The molecule has 194 valence electrons. The largest absolute Gasteiger partial charge is 0.492 e. The van der Waals surface area contributed by atoms with Gasteiger partial charge in [-0.05, 0) is 43.6 Å². The molecule has 3 aliphatic heterocycles. The Balaban J connectivity index is 1.22. The van der Waals surface area contributed by atoms with Crippen LogP contribution in [-0.2, 0) is 16.4 Å². The first-order valence-electron chi connectivity index (χ1n) is 12.5. The summed E-state index contributed by atoms with van der Waals surface area (Å²) < 4.78 is 62.5. The van der Waals surface area contributed by atoms with E-state index in [1.807, 2.05) is 29.2 Å². The van der Waals surface area contributed by atoms with Crippen LogP contribution in [0.3, 0.4) is 0 Å². The van der Waals surface area contributed by atoms with E-state index in [0.717, 1.165) is 43.5 Å². The van der Waals surface area contributed by atoms with Crippen LogP contribution >= 0.6 is 0 Å². The topological polar surface area (TPSA) is 74.8 Å².